The number of nitrogens with zero attached hydrogens (tertiary/aromatic N) is 10. The Balaban J connectivity index is 0.838. The molecule has 6 aliphatic heterocycles. The molecule has 4 bridgehead atoms. The van der Waals surface area contributed by atoms with Gasteiger partial charge in [0.1, 0.15) is 31.2 Å². The first-order chi connectivity index (χ1) is 27.8. The van der Waals surface area contributed by atoms with Crippen molar-refractivity contribution >= 4 is 57.3 Å². The maximum atomic E-state index is 13.6. The fraction of sp³-hybridized carbons (Fsp3) is 0.778. The summed E-state index contributed by atoms with van der Waals surface area (Å²) >= 11 is 2.87. The van der Waals surface area contributed by atoms with E-state index in [0.29, 0.717) is 87.6 Å². The number of hydroxylamine groups is 4. The summed E-state index contributed by atoms with van der Waals surface area (Å²) in [6.07, 6.45) is 4.17. The number of urea groups is 2. The van der Waals surface area contributed by atoms with E-state index in [1.165, 1.54) is 22.7 Å². The molecule has 6 amide bonds. The van der Waals surface area contributed by atoms with Crippen LogP contribution in [0, 0.1) is 0 Å². The molecule has 23 heteroatoms. The Morgan fingerprint density at radius 3 is 1.29 bits per heavy atom. The second kappa shape index (κ2) is 15.8. The Kier molecular flexibility index (Phi) is 11.2. The number of fused-ring (bicyclic) bond motifs is 4. The van der Waals surface area contributed by atoms with E-state index in [-0.39, 0.29) is 37.1 Å². The number of hydrogen-bond donors (Lipinski definition) is 0. The molecule has 6 aliphatic rings. The molecule has 0 unspecified atom stereocenters. The molecule has 8 heterocycles. The summed E-state index contributed by atoms with van der Waals surface area (Å²) in [6, 6.07) is -3.16. The van der Waals surface area contributed by atoms with Gasteiger partial charge < -0.3 is 29.1 Å². The van der Waals surface area contributed by atoms with E-state index in [1.54, 1.807) is 19.6 Å². The lowest BCUT2D eigenvalue weighted by Crippen LogP contribution is -2.41. The van der Waals surface area contributed by atoms with Crippen molar-refractivity contribution in [3.8, 4) is 0 Å². The van der Waals surface area contributed by atoms with Crippen LogP contribution in [0.3, 0.4) is 0 Å². The summed E-state index contributed by atoms with van der Waals surface area (Å²) < 4.78 is 48.4. The van der Waals surface area contributed by atoms with E-state index in [4.69, 9.17) is 18.0 Å². The van der Waals surface area contributed by atoms with E-state index < -0.39 is 57.8 Å². The van der Waals surface area contributed by atoms with Gasteiger partial charge in [-0.1, -0.05) is 22.7 Å². The van der Waals surface area contributed by atoms with Crippen LogP contribution in [-0.4, -0.2) is 145 Å². The average molecular weight is 881 g/mol. The molecule has 0 aliphatic carbocycles. The van der Waals surface area contributed by atoms with Crippen molar-refractivity contribution in [3.63, 3.8) is 0 Å². The zero-order valence-electron chi connectivity index (χ0n) is 34.1. The van der Waals surface area contributed by atoms with Crippen LogP contribution >= 0.6 is 22.7 Å². The van der Waals surface area contributed by atoms with Gasteiger partial charge in [0.05, 0.1) is 24.2 Å². The zero-order chi connectivity index (χ0) is 42.0. The summed E-state index contributed by atoms with van der Waals surface area (Å²) in [6.45, 7) is 13.7. The molecule has 0 N–H and O–H groups in total. The Morgan fingerprint density at radius 2 is 0.932 bits per heavy atom. The average Bonchev–Trinajstić information content (AvgIpc) is 3.96. The Labute approximate surface area is 351 Å². The van der Waals surface area contributed by atoms with Gasteiger partial charge >= 0.3 is 34.6 Å². The van der Waals surface area contributed by atoms with E-state index in [9.17, 15) is 27.6 Å². The first-order valence-corrected chi connectivity index (χ1v) is 23.3. The molecular weight excluding hydrogens is 829 g/mol. The smallest absolute Gasteiger partial charge is 0.442 e. The number of amides is 6. The van der Waals surface area contributed by atoms with Crippen LogP contribution in [-0.2, 0) is 28.4 Å². The van der Waals surface area contributed by atoms with Gasteiger partial charge in [-0.05, 0) is 92.9 Å². The summed E-state index contributed by atoms with van der Waals surface area (Å²) in [4.78, 5) is 58.8. The van der Waals surface area contributed by atoms with Crippen molar-refractivity contribution in [1.82, 2.24) is 50.1 Å². The van der Waals surface area contributed by atoms with Crippen LogP contribution < -0.4 is 0 Å². The van der Waals surface area contributed by atoms with Crippen molar-refractivity contribution in [2.45, 2.75) is 140 Å². The van der Waals surface area contributed by atoms with Gasteiger partial charge in [-0.25, -0.2) is 19.2 Å². The van der Waals surface area contributed by atoms with Crippen LogP contribution in [0.4, 0.5) is 19.2 Å². The number of ether oxygens (including phenoxy) is 2. The highest BCUT2D eigenvalue weighted by Gasteiger charge is 2.52. The molecule has 20 nitrogen and oxygen atoms in total. The van der Waals surface area contributed by atoms with Gasteiger partial charge in [-0.2, -0.15) is 18.5 Å². The maximum Gasteiger partial charge on any atom is 0.442 e. The van der Waals surface area contributed by atoms with Gasteiger partial charge in [0.25, 0.3) is 0 Å². The minimum absolute atomic E-state index is 0.116. The molecular formula is C36H52N10O10S3. The first kappa shape index (κ1) is 41.8. The molecule has 0 saturated carbocycles. The highest BCUT2D eigenvalue weighted by Crippen LogP contribution is 2.44. The quantitative estimate of drug-likeness (QED) is 0.329. The van der Waals surface area contributed by atoms with Gasteiger partial charge in [0.2, 0.25) is 0 Å². The van der Waals surface area contributed by atoms with Gasteiger partial charge in [-0.3, -0.25) is 0 Å². The van der Waals surface area contributed by atoms with Gasteiger partial charge in [-0.15, -0.1) is 29.0 Å². The van der Waals surface area contributed by atoms with Crippen LogP contribution in [0.1, 0.15) is 137 Å². The summed E-state index contributed by atoms with van der Waals surface area (Å²) in [7, 11) is -4.89. The van der Waals surface area contributed by atoms with E-state index in [2.05, 4.69) is 20.4 Å². The van der Waals surface area contributed by atoms with Crippen molar-refractivity contribution < 1.29 is 45.6 Å². The monoisotopic (exact) mass is 880 g/mol. The Hall–Kier alpha value is -3.93. The first-order valence-electron chi connectivity index (χ1n) is 20.3. The lowest BCUT2D eigenvalue weighted by molar-refractivity contribution is -0.0841. The number of carbonyl (C=O) groups is 4. The number of hydrogen-bond acceptors (Lipinski definition) is 16. The zero-order valence-corrected chi connectivity index (χ0v) is 36.6. The predicted molar refractivity (Wildman–Crippen MR) is 210 cm³/mol. The molecule has 324 valence electrons. The third-order valence-electron chi connectivity index (χ3n) is 11.5. The topological polar surface area (TPSA) is 210 Å². The Morgan fingerprint density at radius 1 is 0.576 bits per heavy atom. The number of likely N-dealkylation sites (tertiary alicyclic amines) is 2. The van der Waals surface area contributed by atoms with Crippen molar-refractivity contribution in [2.24, 2.45) is 0 Å². The van der Waals surface area contributed by atoms with E-state index in [1.807, 2.05) is 41.5 Å². The summed E-state index contributed by atoms with van der Waals surface area (Å²) in [5.74, 6) is 0.231. The molecule has 2 aromatic heterocycles. The Bertz CT molecular complexity index is 1900. The number of aromatic nitrogens is 4. The lowest BCUT2D eigenvalue weighted by atomic mass is 9.98. The van der Waals surface area contributed by atoms with Crippen LogP contribution in [0.25, 0.3) is 0 Å². The van der Waals surface area contributed by atoms with Crippen molar-refractivity contribution in [3.05, 3.63) is 20.0 Å². The third kappa shape index (κ3) is 8.94. The van der Waals surface area contributed by atoms with Crippen molar-refractivity contribution in [1.29, 1.82) is 0 Å². The predicted octanol–water partition coefficient (Wildman–Crippen LogP) is 5.31. The second-order valence-electron chi connectivity index (χ2n) is 18.0. The van der Waals surface area contributed by atoms with E-state index >= 15 is 0 Å². The van der Waals surface area contributed by atoms with Crippen LogP contribution in [0.5, 0.6) is 0 Å². The number of piperidine rings is 4. The number of carbonyl (C=O) groups excluding carboxylic acids is 4. The van der Waals surface area contributed by atoms with Gasteiger partial charge in [0.15, 0.2) is 0 Å². The molecule has 6 saturated heterocycles. The molecule has 2 aromatic rings. The molecule has 4 atom stereocenters. The molecule has 6 fully saturated rings. The summed E-state index contributed by atoms with van der Waals surface area (Å²) in [5.41, 5.74) is -1.14. The number of rotatable bonds is 8. The normalized spacial score (nSPS) is 26.0. The highest BCUT2D eigenvalue weighted by molar-refractivity contribution is 7.81. The molecule has 8 rings (SSSR count). The van der Waals surface area contributed by atoms with Crippen LogP contribution in [0.15, 0.2) is 0 Å². The SMILES string of the molecule is CC(C)(C)OC(=O)N1CCC(c2nnc([C@@H]3CC[C@@H]4CN3C(=O)N4OS(=O)(=O)ON3C(=O)N4C[C@H]3CC[C@H]4c3nnc(C4CCN(C(=O)OC(C)(C)C)CC4)s3)s2)CC1. The fourth-order valence-corrected chi connectivity index (χ4v) is 11.7. The second-order valence-corrected chi connectivity index (χ2v) is 21.2. The molecule has 0 spiro atoms. The third-order valence-corrected chi connectivity index (χ3v) is 14.5. The minimum atomic E-state index is -4.89. The van der Waals surface area contributed by atoms with Gasteiger partial charge in [0, 0.05) is 51.1 Å². The molecule has 59 heavy (non-hydrogen) atoms. The largest absolute Gasteiger partial charge is 0.444 e. The summed E-state index contributed by atoms with van der Waals surface area (Å²) in [5, 5.41) is 22.5. The molecule has 0 radical (unpaired) electrons. The maximum absolute atomic E-state index is 13.6. The molecule has 0 aromatic carbocycles. The van der Waals surface area contributed by atoms with Crippen LogP contribution in [0.2, 0.25) is 0 Å². The van der Waals surface area contributed by atoms with E-state index in [0.717, 1.165) is 20.1 Å². The lowest BCUT2D eigenvalue weighted by Gasteiger charge is -2.32. The fourth-order valence-electron chi connectivity index (χ4n) is 8.55. The van der Waals surface area contributed by atoms with Crippen molar-refractivity contribution in [2.75, 3.05) is 39.3 Å². The highest BCUT2D eigenvalue weighted by atomic mass is 32.3. The standard InChI is InChI=1S/C36H52N10O10S3/c1-35(2,3)53-33(49)41-15-11-21(12-16-41)27-37-39-29(57-27)25-9-7-23-19-43(25)31(47)45(23)55-59(51,52)56-46-24-8-10-26(44(20-24)32(46)48)30-40-38-28(58-30)22-13-17-42(18-14-22)34(50)54-36(4,5)6/h21-26H,7-20H2,1-6H3/t23-,24-,25+,26+/m1/s1. The minimum Gasteiger partial charge on any atom is -0.444 e.